The van der Waals surface area contributed by atoms with Gasteiger partial charge in [0.1, 0.15) is 10.6 Å². The molecule has 0 aliphatic heterocycles. The molecule has 1 amide bonds. The lowest BCUT2D eigenvalue weighted by Crippen LogP contribution is -2.23. The third-order valence-electron chi connectivity index (χ3n) is 5.66. The molecule has 162 valence electrons. The third kappa shape index (κ3) is 3.73. The summed E-state index contributed by atoms with van der Waals surface area (Å²) in [5.41, 5.74) is 7.76. The van der Waals surface area contributed by atoms with Crippen molar-refractivity contribution >= 4 is 39.2 Å². The number of hydrogen-bond donors (Lipinski definition) is 1. The zero-order chi connectivity index (χ0) is 22.2. The molecular formula is C24H20FN3O2S2. The molecule has 0 saturated carbocycles. The molecule has 5 nitrogen and oxygen atoms in total. The van der Waals surface area contributed by atoms with Gasteiger partial charge in [0.25, 0.3) is 5.56 Å². The molecule has 0 bridgehead atoms. The van der Waals surface area contributed by atoms with Crippen molar-refractivity contribution in [3.05, 3.63) is 86.3 Å². The Morgan fingerprint density at radius 1 is 1.12 bits per heavy atom. The minimum Gasteiger partial charge on any atom is -0.366 e. The van der Waals surface area contributed by atoms with E-state index in [1.165, 1.54) is 27.3 Å². The van der Waals surface area contributed by atoms with E-state index in [1.807, 2.05) is 12.1 Å². The van der Waals surface area contributed by atoms with Gasteiger partial charge < -0.3 is 5.73 Å². The average molecular weight is 466 g/mol. The van der Waals surface area contributed by atoms with Gasteiger partial charge in [0.05, 0.1) is 11.1 Å². The van der Waals surface area contributed by atoms with E-state index < -0.39 is 11.7 Å². The van der Waals surface area contributed by atoms with Crippen LogP contribution in [0.25, 0.3) is 15.9 Å². The first kappa shape index (κ1) is 20.9. The van der Waals surface area contributed by atoms with Crippen LogP contribution in [-0.4, -0.2) is 15.5 Å². The van der Waals surface area contributed by atoms with Crippen LogP contribution in [0.3, 0.4) is 0 Å². The molecule has 1 aliphatic rings. The number of para-hydroxylation sites is 1. The maximum atomic E-state index is 14.7. The highest BCUT2D eigenvalue weighted by Gasteiger charge is 2.23. The fraction of sp³-hybridized carbons (Fsp3) is 0.208. The maximum absolute atomic E-state index is 14.7. The summed E-state index contributed by atoms with van der Waals surface area (Å²) in [6.45, 7) is 0. The lowest BCUT2D eigenvalue weighted by Gasteiger charge is -2.14. The van der Waals surface area contributed by atoms with Crippen LogP contribution in [0, 0.1) is 5.82 Å². The van der Waals surface area contributed by atoms with Gasteiger partial charge in [-0.15, -0.1) is 11.3 Å². The van der Waals surface area contributed by atoms with Crippen molar-refractivity contribution < 1.29 is 9.18 Å². The zero-order valence-electron chi connectivity index (χ0n) is 17.1. The van der Waals surface area contributed by atoms with E-state index in [1.54, 1.807) is 41.7 Å². The van der Waals surface area contributed by atoms with Crippen LogP contribution in [-0.2, 0) is 18.6 Å². The van der Waals surface area contributed by atoms with Gasteiger partial charge in [-0.05, 0) is 61.1 Å². The molecule has 4 aromatic rings. The van der Waals surface area contributed by atoms with Crippen LogP contribution in [0.15, 0.2) is 58.5 Å². The number of halogens is 1. The number of rotatable bonds is 5. The number of aromatic nitrogens is 2. The van der Waals surface area contributed by atoms with E-state index in [0.717, 1.165) is 41.6 Å². The van der Waals surface area contributed by atoms with Gasteiger partial charge in [0.15, 0.2) is 5.16 Å². The second-order valence-electron chi connectivity index (χ2n) is 7.73. The van der Waals surface area contributed by atoms with Crippen LogP contribution in [0.5, 0.6) is 0 Å². The van der Waals surface area contributed by atoms with Crippen molar-refractivity contribution in [2.24, 2.45) is 5.73 Å². The first-order valence-electron chi connectivity index (χ1n) is 10.4. The Balaban J connectivity index is 1.62. The molecule has 2 heterocycles. The highest BCUT2D eigenvalue weighted by Crippen LogP contribution is 2.35. The standard InChI is InChI=1S/C24H20FN3O2S2/c25-17-6-2-3-7-18(17)28-23(30)20-16-5-1-4-8-19(16)32-22(20)27-24(28)31-13-14-9-11-15(12-10-14)21(26)29/h2-3,6-7,9-12H,1,4-5,8,13H2,(H2,26,29). The minimum absolute atomic E-state index is 0.203. The van der Waals surface area contributed by atoms with Crippen LogP contribution >= 0.6 is 23.1 Å². The number of benzene rings is 2. The smallest absolute Gasteiger partial charge is 0.267 e. The van der Waals surface area contributed by atoms with Crippen molar-refractivity contribution in [2.45, 2.75) is 36.6 Å². The predicted molar refractivity (Wildman–Crippen MR) is 126 cm³/mol. The molecule has 5 rings (SSSR count). The molecule has 8 heteroatoms. The number of nitrogens with zero attached hydrogens (tertiary/aromatic N) is 2. The highest BCUT2D eigenvalue weighted by molar-refractivity contribution is 7.98. The van der Waals surface area contributed by atoms with E-state index >= 15 is 0 Å². The number of nitrogens with two attached hydrogens (primary N) is 1. The number of thiophene rings is 1. The molecule has 0 fully saturated rings. The summed E-state index contributed by atoms with van der Waals surface area (Å²) in [6.07, 6.45) is 3.99. The molecule has 32 heavy (non-hydrogen) atoms. The zero-order valence-corrected chi connectivity index (χ0v) is 18.8. The Labute approximate surface area is 192 Å². The molecule has 1 aliphatic carbocycles. The Morgan fingerprint density at radius 2 is 1.88 bits per heavy atom. The van der Waals surface area contributed by atoms with Crippen molar-refractivity contribution in [3.63, 3.8) is 0 Å². The number of aryl methyl sites for hydroxylation is 2. The topological polar surface area (TPSA) is 78.0 Å². The van der Waals surface area contributed by atoms with Gasteiger partial charge in [0.2, 0.25) is 5.91 Å². The van der Waals surface area contributed by atoms with Gasteiger partial charge in [-0.2, -0.15) is 0 Å². The van der Waals surface area contributed by atoms with E-state index in [0.29, 0.717) is 21.9 Å². The van der Waals surface area contributed by atoms with Gasteiger partial charge in [0, 0.05) is 16.2 Å². The van der Waals surface area contributed by atoms with Crippen LogP contribution < -0.4 is 11.3 Å². The molecule has 0 atom stereocenters. The van der Waals surface area contributed by atoms with Crippen molar-refractivity contribution in [1.29, 1.82) is 0 Å². The maximum Gasteiger partial charge on any atom is 0.267 e. The summed E-state index contributed by atoms with van der Waals surface area (Å²) in [5.74, 6) is -0.435. The first-order valence-corrected chi connectivity index (χ1v) is 12.2. The summed E-state index contributed by atoms with van der Waals surface area (Å²) < 4.78 is 16.2. The van der Waals surface area contributed by atoms with Gasteiger partial charge in [-0.25, -0.2) is 9.37 Å². The molecule has 2 N–H and O–H groups in total. The van der Waals surface area contributed by atoms with E-state index in [-0.39, 0.29) is 11.2 Å². The number of fused-ring (bicyclic) bond motifs is 3. The van der Waals surface area contributed by atoms with Crippen LogP contribution in [0.2, 0.25) is 0 Å². The molecular weight excluding hydrogens is 445 g/mol. The van der Waals surface area contributed by atoms with E-state index in [4.69, 9.17) is 10.7 Å². The lowest BCUT2D eigenvalue weighted by atomic mass is 9.97. The molecule has 2 aromatic carbocycles. The third-order valence-corrected chi connectivity index (χ3v) is 7.85. The SMILES string of the molecule is NC(=O)c1ccc(CSc2nc3sc4c(c3c(=O)n2-c2ccccc2F)CCCC4)cc1. The summed E-state index contributed by atoms with van der Waals surface area (Å²) in [5, 5.41) is 1.08. The van der Waals surface area contributed by atoms with E-state index in [2.05, 4.69) is 0 Å². The highest BCUT2D eigenvalue weighted by atomic mass is 32.2. The average Bonchev–Trinajstić information content (AvgIpc) is 3.17. The van der Waals surface area contributed by atoms with Gasteiger partial charge in [-0.3, -0.25) is 14.2 Å². The molecule has 0 radical (unpaired) electrons. The second-order valence-corrected chi connectivity index (χ2v) is 9.75. The van der Waals surface area contributed by atoms with Crippen LogP contribution in [0.1, 0.15) is 39.2 Å². The number of carbonyl (C=O) groups is 1. The number of hydrogen-bond acceptors (Lipinski definition) is 5. The fourth-order valence-corrected chi connectivity index (χ4v) is 6.31. The number of thioether (sulfide) groups is 1. The minimum atomic E-state index is -0.480. The summed E-state index contributed by atoms with van der Waals surface area (Å²) >= 11 is 2.95. The predicted octanol–water partition coefficient (Wildman–Crippen LogP) is 4.86. The monoisotopic (exact) mass is 465 g/mol. The number of primary amides is 1. The summed E-state index contributed by atoms with van der Waals surface area (Å²) in [6, 6.07) is 13.3. The largest absolute Gasteiger partial charge is 0.366 e. The molecule has 2 aromatic heterocycles. The Morgan fingerprint density at radius 3 is 2.62 bits per heavy atom. The van der Waals surface area contributed by atoms with Gasteiger partial charge >= 0.3 is 0 Å². The van der Waals surface area contributed by atoms with Crippen molar-refractivity contribution in [3.8, 4) is 5.69 Å². The summed E-state index contributed by atoms with van der Waals surface area (Å²) in [4.78, 5) is 31.7. The first-order chi connectivity index (χ1) is 15.5. The van der Waals surface area contributed by atoms with E-state index in [9.17, 15) is 14.0 Å². The molecule has 0 spiro atoms. The Bertz CT molecular complexity index is 1390. The normalized spacial score (nSPS) is 13.3. The van der Waals surface area contributed by atoms with Crippen molar-refractivity contribution in [1.82, 2.24) is 9.55 Å². The number of carbonyl (C=O) groups excluding carboxylic acids is 1. The Hall–Kier alpha value is -2.97. The summed E-state index contributed by atoms with van der Waals surface area (Å²) in [7, 11) is 0. The number of amides is 1. The quantitative estimate of drug-likeness (QED) is 0.337. The Kier molecular flexibility index (Phi) is 5.57. The molecule has 0 unspecified atom stereocenters. The van der Waals surface area contributed by atoms with Gasteiger partial charge in [-0.1, -0.05) is 36.0 Å². The fourth-order valence-electron chi connectivity index (χ4n) is 4.04. The molecule has 0 saturated heterocycles. The second kappa shape index (κ2) is 8.52. The van der Waals surface area contributed by atoms with Crippen molar-refractivity contribution in [2.75, 3.05) is 0 Å². The van der Waals surface area contributed by atoms with Crippen LogP contribution in [0.4, 0.5) is 4.39 Å². The lowest BCUT2D eigenvalue weighted by molar-refractivity contribution is 0.100.